The summed E-state index contributed by atoms with van der Waals surface area (Å²) in [5.41, 5.74) is 0. The van der Waals surface area contributed by atoms with Crippen LogP contribution in [0.5, 0.6) is 0 Å². The number of aliphatic carboxylic acids is 2. The monoisotopic (exact) mass is 198 g/mol. The molecule has 0 aromatic rings. The summed E-state index contributed by atoms with van der Waals surface area (Å²) in [5.74, 6) is -2.59. The fourth-order valence-electron chi connectivity index (χ4n) is 1.63. The van der Waals surface area contributed by atoms with Gasteiger partial charge in [0.05, 0.1) is 11.8 Å². The Morgan fingerprint density at radius 2 is 1.79 bits per heavy atom. The summed E-state index contributed by atoms with van der Waals surface area (Å²) >= 11 is 0. The fraction of sp³-hybridized carbons (Fsp3) is 0.600. The van der Waals surface area contributed by atoms with Crippen molar-refractivity contribution in [2.75, 3.05) is 0 Å². The summed E-state index contributed by atoms with van der Waals surface area (Å²) < 4.78 is 0. The minimum Gasteiger partial charge on any atom is -0.481 e. The van der Waals surface area contributed by atoms with Crippen LogP contribution >= 0.6 is 0 Å². The number of allylic oxidation sites excluding steroid dienone is 1. The number of hydrogen-bond acceptors (Lipinski definition) is 2. The van der Waals surface area contributed by atoms with Crippen LogP contribution in [0.2, 0.25) is 0 Å². The van der Waals surface area contributed by atoms with Crippen molar-refractivity contribution in [1.29, 1.82) is 0 Å². The Bertz CT molecular complexity index is 257. The van der Waals surface area contributed by atoms with Crippen LogP contribution in [0.3, 0.4) is 0 Å². The molecule has 0 aromatic carbocycles. The van der Waals surface area contributed by atoms with Gasteiger partial charge in [-0.15, -0.1) is 0 Å². The van der Waals surface area contributed by atoms with E-state index in [1.165, 1.54) is 0 Å². The summed E-state index contributed by atoms with van der Waals surface area (Å²) in [7, 11) is 0. The molecule has 2 N–H and O–H groups in total. The van der Waals surface area contributed by atoms with Gasteiger partial charge in [-0.05, 0) is 25.7 Å². The van der Waals surface area contributed by atoms with Gasteiger partial charge in [0, 0.05) is 0 Å². The molecule has 2 atom stereocenters. The fourth-order valence-corrected chi connectivity index (χ4v) is 1.63. The molecule has 0 amide bonds. The molecule has 1 aliphatic carbocycles. The van der Waals surface area contributed by atoms with Crippen LogP contribution in [0, 0.1) is 11.8 Å². The van der Waals surface area contributed by atoms with E-state index in [1.54, 1.807) is 12.2 Å². The summed E-state index contributed by atoms with van der Waals surface area (Å²) in [6.07, 6.45) is 5.58. The van der Waals surface area contributed by atoms with Crippen LogP contribution in [0.15, 0.2) is 12.2 Å². The first-order valence-electron chi connectivity index (χ1n) is 4.73. The molecule has 0 aliphatic heterocycles. The lowest BCUT2D eigenvalue weighted by molar-refractivity contribution is -0.144. The zero-order valence-electron chi connectivity index (χ0n) is 7.85. The number of hydrogen-bond donors (Lipinski definition) is 2. The predicted molar refractivity (Wildman–Crippen MR) is 49.9 cm³/mol. The molecule has 4 nitrogen and oxygen atoms in total. The number of carbonyl (C=O) groups is 2. The maximum Gasteiger partial charge on any atom is 0.310 e. The molecule has 0 spiro atoms. The van der Waals surface area contributed by atoms with Gasteiger partial charge in [-0.1, -0.05) is 12.2 Å². The third kappa shape index (κ3) is 2.87. The van der Waals surface area contributed by atoms with Gasteiger partial charge < -0.3 is 10.2 Å². The molecule has 14 heavy (non-hydrogen) atoms. The van der Waals surface area contributed by atoms with Crippen molar-refractivity contribution in [3.05, 3.63) is 12.2 Å². The normalized spacial score (nSPS) is 30.0. The molecule has 0 heterocycles. The van der Waals surface area contributed by atoms with E-state index >= 15 is 0 Å². The third-order valence-corrected chi connectivity index (χ3v) is 2.54. The third-order valence-electron chi connectivity index (χ3n) is 2.54. The van der Waals surface area contributed by atoms with Crippen molar-refractivity contribution in [1.82, 2.24) is 0 Å². The molecular weight excluding hydrogens is 184 g/mol. The van der Waals surface area contributed by atoms with Crippen LogP contribution in [0.4, 0.5) is 0 Å². The highest BCUT2D eigenvalue weighted by Crippen LogP contribution is 2.22. The second kappa shape index (κ2) is 4.79. The van der Waals surface area contributed by atoms with Crippen LogP contribution in [-0.4, -0.2) is 22.2 Å². The topological polar surface area (TPSA) is 74.6 Å². The van der Waals surface area contributed by atoms with E-state index in [0.29, 0.717) is 25.7 Å². The van der Waals surface area contributed by atoms with Gasteiger partial charge in [-0.2, -0.15) is 0 Å². The quantitative estimate of drug-likeness (QED) is 0.659. The van der Waals surface area contributed by atoms with Crippen LogP contribution in [0.25, 0.3) is 0 Å². The first-order chi connectivity index (χ1) is 6.61. The first kappa shape index (κ1) is 10.8. The highest BCUT2D eigenvalue weighted by Gasteiger charge is 2.22. The lowest BCUT2D eigenvalue weighted by Crippen LogP contribution is -2.19. The van der Waals surface area contributed by atoms with Gasteiger partial charge in [0.25, 0.3) is 0 Å². The van der Waals surface area contributed by atoms with Gasteiger partial charge >= 0.3 is 11.9 Å². The lowest BCUT2D eigenvalue weighted by Gasteiger charge is -2.16. The Balaban J connectivity index is 2.60. The second-order valence-electron chi connectivity index (χ2n) is 3.56. The molecule has 4 heteroatoms. The van der Waals surface area contributed by atoms with E-state index in [-0.39, 0.29) is 5.92 Å². The van der Waals surface area contributed by atoms with E-state index in [0.717, 1.165) is 0 Å². The SMILES string of the molecule is O=C(O)C1/C=C\CCC(C(=O)O)CC1. The molecule has 0 bridgehead atoms. The van der Waals surface area contributed by atoms with Gasteiger partial charge in [0.1, 0.15) is 0 Å². The van der Waals surface area contributed by atoms with Gasteiger partial charge in [0.2, 0.25) is 0 Å². The Kier molecular flexibility index (Phi) is 3.68. The maximum atomic E-state index is 10.7. The van der Waals surface area contributed by atoms with E-state index in [4.69, 9.17) is 10.2 Å². The van der Waals surface area contributed by atoms with E-state index in [9.17, 15) is 9.59 Å². The van der Waals surface area contributed by atoms with Crippen molar-refractivity contribution >= 4 is 11.9 Å². The van der Waals surface area contributed by atoms with Crippen molar-refractivity contribution in [2.24, 2.45) is 11.8 Å². The summed E-state index contributed by atoms with van der Waals surface area (Å²) in [6.45, 7) is 0. The zero-order valence-corrected chi connectivity index (χ0v) is 7.85. The Morgan fingerprint density at radius 1 is 1.07 bits per heavy atom. The highest BCUT2D eigenvalue weighted by atomic mass is 16.4. The van der Waals surface area contributed by atoms with Gasteiger partial charge in [0.15, 0.2) is 0 Å². The largest absolute Gasteiger partial charge is 0.481 e. The Hall–Kier alpha value is -1.32. The van der Waals surface area contributed by atoms with Crippen LogP contribution in [-0.2, 0) is 9.59 Å². The summed E-state index contributed by atoms with van der Waals surface area (Å²) in [4.78, 5) is 21.4. The molecule has 0 aromatic heterocycles. The molecule has 0 radical (unpaired) electrons. The van der Waals surface area contributed by atoms with Crippen molar-refractivity contribution < 1.29 is 19.8 Å². The molecule has 0 saturated carbocycles. The molecular formula is C10H14O4. The van der Waals surface area contributed by atoms with Crippen molar-refractivity contribution in [2.45, 2.75) is 25.7 Å². The average Bonchev–Trinajstić information content (AvgIpc) is 2.01. The molecule has 2 unspecified atom stereocenters. The average molecular weight is 198 g/mol. The molecule has 78 valence electrons. The number of rotatable bonds is 2. The highest BCUT2D eigenvalue weighted by molar-refractivity contribution is 5.73. The van der Waals surface area contributed by atoms with Crippen LogP contribution < -0.4 is 0 Å². The molecule has 1 aliphatic rings. The standard InChI is InChI=1S/C10H14O4/c11-9(12)7-3-1-2-4-8(6-5-7)10(13)14/h1,3,7-8H,2,4-6H2,(H,11,12)(H,13,14)/b3-1-. The molecule has 1 rings (SSSR count). The second-order valence-corrected chi connectivity index (χ2v) is 3.56. The smallest absolute Gasteiger partial charge is 0.310 e. The van der Waals surface area contributed by atoms with Gasteiger partial charge in [-0.3, -0.25) is 9.59 Å². The number of carboxylic acid groups (broad SMARTS) is 2. The van der Waals surface area contributed by atoms with Crippen LogP contribution in [0.1, 0.15) is 25.7 Å². The van der Waals surface area contributed by atoms with Gasteiger partial charge in [-0.25, -0.2) is 0 Å². The van der Waals surface area contributed by atoms with E-state index < -0.39 is 17.9 Å². The van der Waals surface area contributed by atoms with E-state index in [1.807, 2.05) is 0 Å². The first-order valence-corrected chi connectivity index (χ1v) is 4.73. The lowest BCUT2D eigenvalue weighted by atomic mass is 9.89. The summed E-state index contributed by atoms with van der Waals surface area (Å²) in [6, 6.07) is 0. The minimum atomic E-state index is -0.868. The van der Waals surface area contributed by atoms with E-state index in [2.05, 4.69) is 0 Å². The predicted octanol–water partition coefficient (Wildman–Crippen LogP) is 1.52. The van der Waals surface area contributed by atoms with Crippen molar-refractivity contribution in [3.63, 3.8) is 0 Å². The number of carboxylic acids is 2. The maximum absolute atomic E-state index is 10.7. The Labute approximate surface area is 82.2 Å². The molecule has 0 fully saturated rings. The Morgan fingerprint density at radius 3 is 2.36 bits per heavy atom. The molecule has 0 saturated heterocycles. The minimum absolute atomic E-state index is 0.387. The zero-order chi connectivity index (χ0) is 10.6. The van der Waals surface area contributed by atoms with Crippen molar-refractivity contribution in [3.8, 4) is 0 Å². The summed E-state index contributed by atoms with van der Waals surface area (Å²) in [5, 5.41) is 17.6.